The van der Waals surface area contributed by atoms with Gasteiger partial charge in [-0.15, -0.1) is 0 Å². The lowest BCUT2D eigenvalue weighted by Gasteiger charge is -2.08. The molecule has 0 aliphatic rings. The Balaban J connectivity index is 3.42. The van der Waals surface area contributed by atoms with Crippen molar-refractivity contribution in [3.63, 3.8) is 0 Å². The zero-order valence-corrected chi connectivity index (χ0v) is 8.97. The van der Waals surface area contributed by atoms with Crippen molar-refractivity contribution in [1.82, 2.24) is 5.32 Å². The molecule has 2 nitrogen and oxygen atoms in total. The molecule has 84 valence electrons. The molecule has 0 aromatic rings. The van der Waals surface area contributed by atoms with Gasteiger partial charge in [0.25, 0.3) is 0 Å². The van der Waals surface area contributed by atoms with Gasteiger partial charge in [-0.1, -0.05) is 13.8 Å². The van der Waals surface area contributed by atoms with Gasteiger partial charge >= 0.3 is 12.1 Å². The Morgan fingerprint density at radius 2 is 2.00 bits per heavy atom. The molecule has 0 saturated heterocycles. The molecule has 1 N–H and O–H groups in total. The highest BCUT2D eigenvalue weighted by molar-refractivity contribution is 7.99. The third kappa shape index (κ3) is 7.06. The van der Waals surface area contributed by atoms with Crippen molar-refractivity contribution in [1.29, 1.82) is 0 Å². The van der Waals surface area contributed by atoms with E-state index in [9.17, 15) is 18.0 Å². The largest absolute Gasteiger partial charge is 0.471 e. The molecule has 1 amide bonds. The van der Waals surface area contributed by atoms with Gasteiger partial charge in [0.15, 0.2) is 0 Å². The second-order valence-corrected chi connectivity index (χ2v) is 4.37. The Bertz CT molecular complexity index is 182. The Hall–Kier alpha value is -0.390. The number of carbonyl (C=O) groups excluding carboxylic acids is 1. The van der Waals surface area contributed by atoms with Crippen molar-refractivity contribution in [2.24, 2.45) is 5.92 Å². The molecule has 0 saturated carbocycles. The lowest BCUT2D eigenvalue weighted by Crippen LogP contribution is -2.37. The van der Waals surface area contributed by atoms with Crippen LogP contribution >= 0.6 is 11.8 Å². The monoisotopic (exact) mass is 229 g/mol. The van der Waals surface area contributed by atoms with Crippen molar-refractivity contribution in [2.45, 2.75) is 20.0 Å². The molecule has 0 spiro atoms. The summed E-state index contributed by atoms with van der Waals surface area (Å²) in [5, 5.41) is 1.81. The fourth-order valence-electron chi connectivity index (χ4n) is 0.656. The number of alkyl halides is 3. The van der Waals surface area contributed by atoms with Gasteiger partial charge in [0.1, 0.15) is 0 Å². The maximum atomic E-state index is 11.7. The van der Waals surface area contributed by atoms with Gasteiger partial charge in [-0.2, -0.15) is 24.9 Å². The summed E-state index contributed by atoms with van der Waals surface area (Å²) in [5.41, 5.74) is 0. The Kier molecular flexibility index (Phi) is 5.99. The summed E-state index contributed by atoms with van der Waals surface area (Å²) >= 11 is 1.53. The zero-order chi connectivity index (χ0) is 11.2. The first-order valence-electron chi connectivity index (χ1n) is 4.26. The molecule has 0 atom stereocenters. The van der Waals surface area contributed by atoms with Crippen LogP contribution in [-0.4, -0.2) is 30.1 Å². The molecular formula is C8H14F3NOS. The van der Waals surface area contributed by atoms with Crippen molar-refractivity contribution in [2.75, 3.05) is 18.1 Å². The average molecular weight is 229 g/mol. The van der Waals surface area contributed by atoms with Crippen LogP contribution in [0.2, 0.25) is 0 Å². The summed E-state index contributed by atoms with van der Waals surface area (Å²) in [6, 6.07) is 0. The van der Waals surface area contributed by atoms with Crippen molar-refractivity contribution in [3.05, 3.63) is 0 Å². The van der Waals surface area contributed by atoms with Crippen LogP contribution in [0, 0.1) is 5.92 Å². The third-order valence-corrected chi connectivity index (χ3v) is 2.64. The van der Waals surface area contributed by atoms with E-state index >= 15 is 0 Å². The molecule has 0 aromatic carbocycles. The summed E-state index contributed by atoms with van der Waals surface area (Å²) in [4.78, 5) is 10.3. The van der Waals surface area contributed by atoms with Crippen molar-refractivity contribution in [3.8, 4) is 0 Å². The van der Waals surface area contributed by atoms with Crippen LogP contribution in [0.3, 0.4) is 0 Å². The van der Waals surface area contributed by atoms with Gasteiger partial charge in [-0.05, 0) is 11.7 Å². The van der Waals surface area contributed by atoms with E-state index in [1.54, 1.807) is 0 Å². The molecule has 0 aliphatic heterocycles. The van der Waals surface area contributed by atoms with Gasteiger partial charge in [-0.3, -0.25) is 4.79 Å². The van der Waals surface area contributed by atoms with Crippen LogP contribution < -0.4 is 5.32 Å². The standard InChI is InChI=1S/C8H14F3NOS/c1-6(2)5-14-4-3-12-7(13)8(9,10)11/h6H,3-5H2,1-2H3,(H,12,13). The van der Waals surface area contributed by atoms with Crippen LogP contribution in [0.5, 0.6) is 0 Å². The van der Waals surface area contributed by atoms with Gasteiger partial charge in [0.2, 0.25) is 0 Å². The van der Waals surface area contributed by atoms with Crippen LogP contribution in [-0.2, 0) is 4.79 Å². The van der Waals surface area contributed by atoms with E-state index in [1.165, 1.54) is 11.8 Å². The Morgan fingerprint density at radius 1 is 1.43 bits per heavy atom. The maximum Gasteiger partial charge on any atom is 0.471 e. The Morgan fingerprint density at radius 3 is 2.43 bits per heavy atom. The summed E-state index contributed by atoms with van der Waals surface area (Å²) in [5.74, 6) is 0.0583. The van der Waals surface area contributed by atoms with Gasteiger partial charge in [0, 0.05) is 12.3 Å². The molecule has 0 radical (unpaired) electrons. The highest BCUT2D eigenvalue weighted by Crippen LogP contribution is 2.14. The van der Waals surface area contributed by atoms with Crippen LogP contribution in [0.1, 0.15) is 13.8 Å². The number of nitrogens with one attached hydrogen (secondary N) is 1. The smallest absolute Gasteiger partial charge is 0.347 e. The van der Waals surface area contributed by atoms with E-state index in [0.29, 0.717) is 11.7 Å². The van der Waals surface area contributed by atoms with E-state index in [0.717, 1.165) is 5.75 Å². The number of hydrogen-bond donors (Lipinski definition) is 1. The lowest BCUT2D eigenvalue weighted by atomic mass is 10.3. The second-order valence-electron chi connectivity index (χ2n) is 3.22. The predicted octanol–water partition coefficient (Wildman–Crippen LogP) is 2.05. The number of halogens is 3. The lowest BCUT2D eigenvalue weighted by molar-refractivity contribution is -0.173. The van der Waals surface area contributed by atoms with E-state index < -0.39 is 12.1 Å². The first kappa shape index (κ1) is 13.6. The van der Waals surface area contributed by atoms with Crippen LogP contribution in [0.15, 0.2) is 0 Å². The highest BCUT2D eigenvalue weighted by Gasteiger charge is 2.38. The fourth-order valence-corrected chi connectivity index (χ4v) is 1.54. The minimum atomic E-state index is -4.76. The van der Waals surface area contributed by atoms with Gasteiger partial charge in [0.05, 0.1) is 0 Å². The number of amides is 1. The van der Waals surface area contributed by atoms with Crippen molar-refractivity contribution >= 4 is 17.7 Å². The minimum absolute atomic E-state index is 0.0652. The van der Waals surface area contributed by atoms with Gasteiger partial charge < -0.3 is 5.32 Å². The van der Waals surface area contributed by atoms with Crippen molar-refractivity contribution < 1.29 is 18.0 Å². The topological polar surface area (TPSA) is 29.1 Å². The SMILES string of the molecule is CC(C)CSCCNC(=O)C(F)(F)F. The second kappa shape index (κ2) is 6.16. The number of rotatable bonds is 5. The molecule has 6 heteroatoms. The predicted molar refractivity (Wildman–Crippen MR) is 51.2 cm³/mol. The third-order valence-electron chi connectivity index (χ3n) is 1.24. The molecule has 14 heavy (non-hydrogen) atoms. The molecule has 0 unspecified atom stereocenters. The van der Waals surface area contributed by atoms with Gasteiger partial charge in [-0.25, -0.2) is 0 Å². The van der Waals surface area contributed by atoms with E-state index in [2.05, 4.69) is 0 Å². The molecule has 0 rings (SSSR count). The Labute approximate surface area is 85.6 Å². The van der Waals surface area contributed by atoms with Crippen LogP contribution in [0.4, 0.5) is 13.2 Å². The first-order valence-corrected chi connectivity index (χ1v) is 5.42. The summed E-state index contributed by atoms with van der Waals surface area (Å²) < 4.78 is 35.0. The molecule has 0 aromatic heterocycles. The van der Waals surface area contributed by atoms with E-state index in [-0.39, 0.29) is 6.54 Å². The van der Waals surface area contributed by atoms with Crippen LogP contribution in [0.25, 0.3) is 0 Å². The van der Waals surface area contributed by atoms with E-state index in [1.807, 2.05) is 19.2 Å². The average Bonchev–Trinajstić information content (AvgIpc) is 2.01. The first-order chi connectivity index (χ1) is 6.34. The summed E-state index contributed by atoms with van der Waals surface area (Å²) in [6.45, 7) is 4.12. The molecule has 0 bridgehead atoms. The zero-order valence-electron chi connectivity index (χ0n) is 8.15. The molecular weight excluding hydrogens is 215 g/mol. The molecule has 0 fully saturated rings. The molecule has 0 aliphatic carbocycles. The number of hydrogen-bond acceptors (Lipinski definition) is 2. The number of thioether (sulfide) groups is 1. The summed E-state index contributed by atoms with van der Waals surface area (Å²) in [7, 11) is 0. The molecule has 0 heterocycles. The normalized spacial score (nSPS) is 11.9. The summed E-state index contributed by atoms with van der Waals surface area (Å²) in [6.07, 6.45) is -4.76. The van der Waals surface area contributed by atoms with E-state index in [4.69, 9.17) is 0 Å². The minimum Gasteiger partial charge on any atom is -0.347 e. The maximum absolute atomic E-state index is 11.7. The fraction of sp³-hybridized carbons (Fsp3) is 0.875. The number of carbonyl (C=O) groups is 1. The highest BCUT2D eigenvalue weighted by atomic mass is 32.2. The quantitative estimate of drug-likeness (QED) is 0.731.